The molecule has 1 unspecified atom stereocenters. The number of ether oxygens (including phenoxy) is 1. The van der Waals surface area contributed by atoms with Crippen molar-refractivity contribution in [1.82, 2.24) is 10.5 Å². The second-order valence-electron chi connectivity index (χ2n) is 9.22. The Morgan fingerprint density at radius 3 is 2.51 bits per heavy atom. The summed E-state index contributed by atoms with van der Waals surface area (Å²) in [6.45, 7) is 4.82. The second-order valence-corrected chi connectivity index (χ2v) is 9.22. The monoisotopic (exact) mass is 536 g/mol. The van der Waals surface area contributed by atoms with E-state index >= 15 is 0 Å². The van der Waals surface area contributed by atoms with E-state index in [0.29, 0.717) is 27.8 Å². The number of nitrogens with one attached hydrogen (secondary N) is 2. The maximum Gasteiger partial charge on any atom is 0.283 e. The zero-order valence-corrected chi connectivity index (χ0v) is 20.9. The minimum Gasteiger partial charge on any atom is -0.496 e. The maximum atomic E-state index is 13.3. The maximum absolute atomic E-state index is 13.3. The van der Waals surface area contributed by atoms with Crippen molar-refractivity contribution < 1.29 is 32.0 Å². The lowest BCUT2D eigenvalue weighted by molar-refractivity contribution is -0.114. The number of nitrogens with zero attached hydrogens (tertiary/aromatic N) is 1. The zero-order valence-electron chi connectivity index (χ0n) is 20.9. The molecule has 2 amide bonds. The molecule has 39 heavy (non-hydrogen) atoms. The molecule has 1 atom stereocenters. The van der Waals surface area contributed by atoms with E-state index < -0.39 is 36.0 Å². The number of alkyl halides is 2. The molecule has 0 bridgehead atoms. The standard InChI is InChI=1S/C28H23F3N4O4/c1-13-10-16(33-26(36)14(2)29)5-7-17(13)18-8-9-20-24(25(32)35-39-20)23(18)15-4-6-19(21(11-15)38-3)27(37)34-22-12-28(22,30)31/h4-11,22H,2,12H2,1,3H3,(H2,32,35)(H,33,36)(H,34,37). The van der Waals surface area contributed by atoms with E-state index in [0.717, 1.165) is 16.7 Å². The van der Waals surface area contributed by atoms with Gasteiger partial charge in [-0.15, -0.1) is 0 Å². The molecule has 1 saturated carbocycles. The molecule has 200 valence electrons. The van der Waals surface area contributed by atoms with Crippen LogP contribution >= 0.6 is 0 Å². The van der Waals surface area contributed by atoms with Gasteiger partial charge in [-0.05, 0) is 65.6 Å². The summed E-state index contributed by atoms with van der Waals surface area (Å²) in [5.41, 5.74) is 10.5. The third-order valence-corrected chi connectivity index (χ3v) is 6.55. The number of halogens is 3. The molecule has 0 spiro atoms. The van der Waals surface area contributed by atoms with E-state index in [-0.39, 0.29) is 17.1 Å². The predicted octanol–water partition coefficient (Wildman–Crippen LogP) is 5.62. The third-order valence-electron chi connectivity index (χ3n) is 6.55. The topological polar surface area (TPSA) is 119 Å². The van der Waals surface area contributed by atoms with E-state index in [1.165, 1.54) is 13.2 Å². The smallest absolute Gasteiger partial charge is 0.283 e. The molecule has 1 heterocycles. The van der Waals surface area contributed by atoms with E-state index in [1.54, 1.807) is 36.4 Å². The molecule has 0 aliphatic heterocycles. The lowest BCUT2D eigenvalue weighted by Gasteiger charge is -2.17. The van der Waals surface area contributed by atoms with Crippen molar-refractivity contribution >= 4 is 34.3 Å². The summed E-state index contributed by atoms with van der Waals surface area (Å²) in [5.74, 6) is -5.31. The molecular formula is C28H23F3N4O4. The van der Waals surface area contributed by atoms with Crippen LogP contribution in [0.2, 0.25) is 0 Å². The Balaban J connectivity index is 1.61. The number of carbonyl (C=O) groups excluding carboxylic acids is 2. The molecule has 11 heteroatoms. The summed E-state index contributed by atoms with van der Waals surface area (Å²) in [7, 11) is 1.38. The van der Waals surface area contributed by atoms with Gasteiger partial charge >= 0.3 is 0 Å². The molecule has 1 fully saturated rings. The van der Waals surface area contributed by atoms with Crippen LogP contribution in [-0.4, -0.2) is 36.0 Å². The first kappa shape index (κ1) is 25.8. The van der Waals surface area contributed by atoms with Gasteiger partial charge in [-0.1, -0.05) is 23.9 Å². The summed E-state index contributed by atoms with van der Waals surface area (Å²) < 4.78 is 50.7. The fraction of sp³-hybridized carbons (Fsp3) is 0.179. The Hall–Kier alpha value is -4.80. The Bertz CT molecular complexity index is 1660. The normalized spacial score (nSPS) is 15.6. The molecule has 4 aromatic rings. The van der Waals surface area contributed by atoms with Gasteiger partial charge < -0.3 is 25.6 Å². The highest BCUT2D eigenvalue weighted by Gasteiger charge is 2.58. The lowest BCUT2D eigenvalue weighted by atomic mass is 9.89. The highest BCUT2D eigenvalue weighted by Crippen LogP contribution is 2.44. The van der Waals surface area contributed by atoms with Crippen molar-refractivity contribution in [2.24, 2.45) is 0 Å². The van der Waals surface area contributed by atoms with Crippen molar-refractivity contribution in [1.29, 1.82) is 0 Å². The molecule has 1 aromatic heterocycles. The number of anilines is 2. The average molecular weight is 537 g/mol. The van der Waals surface area contributed by atoms with Crippen LogP contribution in [0, 0.1) is 6.92 Å². The fourth-order valence-corrected chi connectivity index (χ4v) is 4.46. The molecule has 5 rings (SSSR count). The SMILES string of the molecule is C=C(F)C(=O)Nc1ccc(-c2ccc3onc(N)c3c2-c2ccc(C(=O)NC3CC3(F)F)c(OC)c2)c(C)c1. The molecule has 8 nitrogen and oxygen atoms in total. The number of nitrogen functional groups attached to an aromatic ring is 1. The number of aryl methyl sites for hydroxylation is 1. The van der Waals surface area contributed by atoms with Gasteiger partial charge in [0.1, 0.15) is 5.75 Å². The number of benzene rings is 3. The number of methoxy groups -OCH3 is 1. The second kappa shape index (κ2) is 9.50. The Labute approximate surface area is 220 Å². The Morgan fingerprint density at radius 2 is 1.87 bits per heavy atom. The van der Waals surface area contributed by atoms with Crippen LogP contribution in [0.25, 0.3) is 33.2 Å². The highest BCUT2D eigenvalue weighted by atomic mass is 19.3. The van der Waals surface area contributed by atoms with Crippen LogP contribution in [0.4, 0.5) is 24.7 Å². The summed E-state index contributed by atoms with van der Waals surface area (Å²) in [6, 6.07) is 12.2. The van der Waals surface area contributed by atoms with Gasteiger partial charge in [0.2, 0.25) is 0 Å². The molecule has 0 radical (unpaired) electrons. The van der Waals surface area contributed by atoms with Gasteiger partial charge in [0.15, 0.2) is 17.2 Å². The number of hydrogen-bond donors (Lipinski definition) is 3. The van der Waals surface area contributed by atoms with E-state index in [2.05, 4.69) is 22.4 Å². The lowest BCUT2D eigenvalue weighted by Crippen LogP contribution is -2.29. The molecule has 1 aliphatic rings. The van der Waals surface area contributed by atoms with Gasteiger partial charge in [-0.3, -0.25) is 9.59 Å². The molecule has 0 saturated heterocycles. The Morgan fingerprint density at radius 1 is 1.15 bits per heavy atom. The molecule has 4 N–H and O–H groups in total. The molecule has 3 aromatic carbocycles. The van der Waals surface area contributed by atoms with Gasteiger partial charge in [-0.2, -0.15) is 0 Å². The number of aromatic nitrogens is 1. The van der Waals surface area contributed by atoms with Crippen LogP contribution in [0.1, 0.15) is 22.3 Å². The number of hydrogen-bond acceptors (Lipinski definition) is 6. The van der Waals surface area contributed by atoms with Gasteiger partial charge in [0.25, 0.3) is 17.7 Å². The number of carbonyl (C=O) groups is 2. The van der Waals surface area contributed by atoms with Crippen LogP contribution in [0.5, 0.6) is 5.75 Å². The number of fused-ring (bicyclic) bond motifs is 1. The third kappa shape index (κ3) is 4.78. The number of nitrogens with two attached hydrogens (primary N) is 1. The van der Waals surface area contributed by atoms with Gasteiger partial charge in [0.05, 0.1) is 24.1 Å². The first-order chi connectivity index (χ1) is 18.5. The average Bonchev–Trinajstić information content (AvgIpc) is 3.32. The summed E-state index contributed by atoms with van der Waals surface area (Å²) in [5, 5.41) is 9.18. The summed E-state index contributed by atoms with van der Waals surface area (Å²) in [4.78, 5) is 24.4. The van der Waals surface area contributed by atoms with Crippen molar-refractivity contribution in [2.45, 2.75) is 25.3 Å². The van der Waals surface area contributed by atoms with Gasteiger partial charge in [-0.25, -0.2) is 13.2 Å². The van der Waals surface area contributed by atoms with Crippen LogP contribution in [0.3, 0.4) is 0 Å². The first-order valence-electron chi connectivity index (χ1n) is 11.8. The van der Waals surface area contributed by atoms with Crippen molar-refractivity contribution in [3.8, 4) is 28.0 Å². The summed E-state index contributed by atoms with van der Waals surface area (Å²) in [6.07, 6.45) is -0.401. The zero-order chi connectivity index (χ0) is 28.1. The van der Waals surface area contributed by atoms with Crippen LogP contribution < -0.4 is 21.1 Å². The van der Waals surface area contributed by atoms with Crippen molar-refractivity contribution in [3.05, 3.63) is 72.1 Å². The van der Waals surface area contributed by atoms with Crippen molar-refractivity contribution in [3.63, 3.8) is 0 Å². The molecular weight excluding hydrogens is 513 g/mol. The predicted molar refractivity (Wildman–Crippen MR) is 140 cm³/mol. The highest BCUT2D eigenvalue weighted by molar-refractivity contribution is 6.08. The molecule has 1 aliphatic carbocycles. The quantitative estimate of drug-likeness (QED) is 0.264. The van der Waals surface area contributed by atoms with E-state index in [4.69, 9.17) is 15.0 Å². The van der Waals surface area contributed by atoms with E-state index in [1.807, 2.05) is 13.0 Å². The van der Waals surface area contributed by atoms with Crippen LogP contribution in [-0.2, 0) is 4.79 Å². The summed E-state index contributed by atoms with van der Waals surface area (Å²) >= 11 is 0. The fourth-order valence-electron chi connectivity index (χ4n) is 4.46. The van der Waals surface area contributed by atoms with Gasteiger partial charge in [0, 0.05) is 17.7 Å². The first-order valence-corrected chi connectivity index (χ1v) is 11.8. The minimum atomic E-state index is -2.91. The van der Waals surface area contributed by atoms with Crippen molar-refractivity contribution in [2.75, 3.05) is 18.2 Å². The Kier molecular flexibility index (Phi) is 6.29. The minimum absolute atomic E-state index is 0.0988. The van der Waals surface area contributed by atoms with E-state index in [9.17, 15) is 22.8 Å². The number of rotatable bonds is 7. The largest absolute Gasteiger partial charge is 0.496 e. The van der Waals surface area contributed by atoms with Crippen LogP contribution in [0.15, 0.2) is 65.5 Å². The number of amides is 2.